The Balaban J connectivity index is 1.76. The Kier molecular flexibility index (Phi) is 5.83. The van der Waals surface area contributed by atoms with Crippen LogP contribution in [0.2, 0.25) is 0 Å². The molecule has 0 N–H and O–H groups in total. The highest BCUT2D eigenvalue weighted by Crippen LogP contribution is 2.39. The van der Waals surface area contributed by atoms with Gasteiger partial charge >= 0.3 is 0 Å². The van der Waals surface area contributed by atoms with Crippen molar-refractivity contribution in [3.8, 4) is 28.3 Å². The summed E-state index contributed by atoms with van der Waals surface area (Å²) in [5.41, 5.74) is 2.07. The summed E-state index contributed by atoms with van der Waals surface area (Å²) in [5, 5.41) is 0.727. The standard InChI is InChI=1S/C26H25F2N5O/c1-32(2)18-9-11-33(15-18)26-20-12-17(19-7-4-8-21(27)23(19)28)13-22(34-3)24(20)30-25(31-26)16-6-5-10-29-14-16/h4-8,10,12-14,18H,9,11,15H2,1-3H3. The van der Waals surface area contributed by atoms with Crippen LogP contribution in [0.15, 0.2) is 54.9 Å². The van der Waals surface area contributed by atoms with E-state index in [1.165, 1.54) is 6.07 Å². The zero-order chi connectivity index (χ0) is 23.8. The Labute approximate surface area is 196 Å². The van der Waals surface area contributed by atoms with Gasteiger partial charge in [0.1, 0.15) is 17.1 Å². The fourth-order valence-corrected chi connectivity index (χ4v) is 4.44. The molecule has 0 spiro atoms. The maximum Gasteiger partial charge on any atom is 0.166 e. The third-order valence-electron chi connectivity index (χ3n) is 6.34. The number of anilines is 1. The molecule has 4 aromatic rings. The molecule has 0 radical (unpaired) electrons. The number of pyridine rings is 1. The number of ether oxygens (including phenoxy) is 1. The molecule has 1 fully saturated rings. The van der Waals surface area contributed by atoms with Crippen LogP contribution in [-0.4, -0.2) is 60.2 Å². The molecule has 174 valence electrons. The molecule has 0 bridgehead atoms. The molecule has 2 aromatic heterocycles. The highest BCUT2D eigenvalue weighted by Gasteiger charge is 2.28. The first-order chi connectivity index (χ1) is 16.5. The monoisotopic (exact) mass is 461 g/mol. The number of nitrogens with zero attached hydrogens (tertiary/aromatic N) is 5. The summed E-state index contributed by atoms with van der Waals surface area (Å²) in [5.74, 6) is -0.0501. The number of hydrogen-bond donors (Lipinski definition) is 0. The smallest absolute Gasteiger partial charge is 0.166 e. The van der Waals surface area contributed by atoms with E-state index in [0.717, 1.165) is 42.3 Å². The first-order valence-corrected chi connectivity index (χ1v) is 11.1. The molecule has 2 aromatic carbocycles. The molecular weight excluding hydrogens is 436 g/mol. The molecule has 6 nitrogen and oxygen atoms in total. The normalized spacial score (nSPS) is 15.9. The van der Waals surface area contributed by atoms with Crippen LogP contribution in [0.5, 0.6) is 5.75 Å². The molecule has 1 aliphatic heterocycles. The second-order valence-corrected chi connectivity index (χ2v) is 8.64. The molecule has 0 aliphatic carbocycles. The van der Waals surface area contributed by atoms with Gasteiger partial charge in [-0.2, -0.15) is 0 Å². The Morgan fingerprint density at radius 2 is 1.91 bits per heavy atom. The van der Waals surface area contributed by atoms with Gasteiger partial charge in [0.15, 0.2) is 17.5 Å². The van der Waals surface area contributed by atoms with Crippen molar-refractivity contribution in [1.29, 1.82) is 0 Å². The average Bonchev–Trinajstić information content (AvgIpc) is 3.35. The molecule has 0 saturated carbocycles. The van der Waals surface area contributed by atoms with Crippen LogP contribution in [0.1, 0.15) is 6.42 Å². The van der Waals surface area contributed by atoms with Crippen LogP contribution in [0.3, 0.4) is 0 Å². The van der Waals surface area contributed by atoms with Crippen molar-refractivity contribution in [3.05, 3.63) is 66.5 Å². The Morgan fingerprint density at radius 3 is 2.62 bits per heavy atom. The van der Waals surface area contributed by atoms with Crippen molar-refractivity contribution in [3.63, 3.8) is 0 Å². The van der Waals surface area contributed by atoms with Gasteiger partial charge in [0.05, 0.1) is 7.11 Å². The van der Waals surface area contributed by atoms with Crippen LogP contribution in [-0.2, 0) is 0 Å². The first kappa shape index (κ1) is 22.2. The molecule has 1 aliphatic rings. The summed E-state index contributed by atoms with van der Waals surface area (Å²) in [6.45, 7) is 1.62. The van der Waals surface area contributed by atoms with Crippen LogP contribution < -0.4 is 9.64 Å². The van der Waals surface area contributed by atoms with Crippen molar-refractivity contribution >= 4 is 16.7 Å². The van der Waals surface area contributed by atoms with E-state index in [9.17, 15) is 8.78 Å². The molecule has 1 unspecified atom stereocenters. The average molecular weight is 462 g/mol. The fraction of sp³-hybridized carbons (Fsp3) is 0.269. The second-order valence-electron chi connectivity index (χ2n) is 8.64. The maximum atomic E-state index is 14.7. The molecule has 5 rings (SSSR count). The molecule has 1 saturated heterocycles. The summed E-state index contributed by atoms with van der Waals surface area (Å²) in [7, 11) is 5.69. The summed E-state index contributed by atoms with van der Waals surface area (Å²) in [6, 6.07) is 11.8. The van der Waals surface area contributed by atoms with E-state index in [0.29, 0.717) is 28.7 Å². The first-order valence-electron chi connectivity index (χ1n) is 11.1. The second kappa shape index (κ2) is 8.95. The van der Waals surface area contributed by atoms with Gasteiger partial charge in [-0.25, -0.2) is 18.7 Å². The molecule has 34 heavy (non-hydrogen) atoms. The lowest BCUT2D eigenvalue weighted by molar-refractivity contribution is 0.315. The summed E-state index contributed by atoms with van der Waals surface area (Å²) in [6.07, 6.45) is 4.42. The van der Waals surface area contributed by atoms with Gasteiger partial charge in [-0.05, 0) is 56.4 Å². The zero-order valence-electron chi connectivity index (χ0n) is 19.3. The molecule has 1 atom stereocenters. The molecule has 3 heterocycles. The number of fused-ring (bicyclic) bond motifs is 1. The lowest BCUT2D eigenvalue weighted by atomic mass is 10.0. The number of likely N-dealkylation sites (N-methyl/N-ethyl adjacent to an activating group) is 1. The predicted octanol–water partition coefficient (Wildman–Crippen LogP) is 4.79. The van der Waals surface area contributed by atoms with E-state index in [1.807, 2.05) is 18.2 Å². The van der Waals surface area contributed by atoms with Crippen LogP contribution >= 0.6 is 0 Å². The molecule has 8 heteroatoms. The lowest BCUT2D eigenvalue weighted by Crippen LogP contribution is -2.31. The van der Waals surface area contributed by atoms with E-state index in [4.69, 9.17) is 14.7 Å². The van der Waals surface area contributed by atoms with Crippen molar-refractivity contribution in [1.82, 2.24) is 19.9 Å². The number of halogens is 2. The van der Waals surface area contributed by atoms with Gasteiger partial charge in [-0.3, -0.25) is 4.98 Å². The van der Waals surface area contributed by atoms with E-state index in [2.05, 4.69) is 28.9 Å². The van der Waals surface area contributed by atoms with Gasteiger partial charge in [0, 0.05) is 48.0 Å². The topological polar surface area (TPSA) is 54.4 Å². The zero-order valence-corrected chi connectivity index (χ0v) is 19.3. The summed E-state index contributed by atoms with van der Waals surface area (Å²) in [4.78, 5) is 18.4. The van der Waals surface area contributed by atoms with E-state index in [1.54, 1.807) is 31.6 Å². The Bertz CT molecular complexity index is 1350. The van der Waals surface area contributed by atoms with Crippen molar-refractivity contribution < 1.29 is 13.5 Å². The minimum absolute atomic E-state index is 0.162. The van der Waals surface area contributed by atoms with Crippen molar-refractivity contribution in [2.75, 3.05) is 39.2 Å². The van der Waals surface area contributed by atoms with E-state index >= 15 is 0 Å². The van der Waals surface area contributed by atoms with Crippen LogP contribution in [0.25, 0.3) is 33.4 Å². The van der Waals surface area contributed by atoms with E-state index < -0.39 is 11.6 Å². The Hall–Kier alpha value is -3.65. The Morgan fingerprint density at radius 1 is 1.06 bits per heavy atom. The van der Waals surface area contributed by atoms with Gasteiger partial charge in [0.25, 0.3) is 0 Å². The number of rotatable bonds is 5. The third kappa shape index (κ3) is 3.94. The van der Waals surface area contributed by atoms with Gasteiger partial charge in [0.2, 0.25) is 0 Å². The maximum absolute atomic E-state index is 14.7. The van der Waals surface area contributed by atoms with Crippen LogP contribution in [0, 0.1) is 11.6 Å². The minimum Gasteiger partial charge on any atom is -0.494 e. The minimum atomic E-state index is -0.896. The number of benzene rings is 2. The van der Waals surface area contributed by atoms with Crippen molar-refractivity contribution in [2.24, 2.45) is 0 Å². The third-order valence-corrected chi connectivity index (χ3v) is 6.34. The number of hydrogen-bond acceptors (Lipinski definition) is 6. The molecule has 0 amide bonds. The number of aromatic nitrogens is 3. The highest BCUT2D eigenvalue weighted by molar-refractivity contribution is 5.98. The molecular formula is C26H25F2N5O. The van der Waals surface area contributed by atoms with Gasteiger partial charge < -0.3 is 14.5 Å². The van der Waals surface area contributed by atoms with Crippen LogP contribution in [0.4, 0.5) is 14.6 Å². The predicted molar refractivity (Wildman–Crippen MR) is 129 cm³/mol. The summed E-state index contributed by atoms with van der Waals surface area (Å²) >= 11 is 0. The van der Waals surface area contributed by atoms with Gasteiger partial charge in [-0.15, -0.1) is 0 Å². The van der Waals surface area contributed by atoms with Gasteiger partial charge in [-0.1, -0.05) is 12.1 Å². The quantitative estimate of drug-likeness (QED) is 0.426. The lowest BCUT2D eigenvalue weighted by Gasteiger charge is -2.23. The van der Waals surface area contributed by atoms with Crippen molar-refractivity contribution in [2.45, 2.75) is 12.5 Å². The summed E-state index contributed by atoms with van der Waals surface area (Å²) < 4.78 is 34.4. The van der Waals surface area contributed by atoms with E-state index in [-0.39, 0.29) is 5.56 Å². The highest BCUT2D eigenvalue weighted by atomic mass is 19.2. The fourth-order valence-electron chi connectivity index (χ4n) is 4.44. The number of methoxy groups -OCH3 is 1. The largest absolute Gasteiger partial charge is 0.494 e. The SMILES string of the molecule is COc1cc(-c2cccc(F)c2F)cc2c(N3CCC(N(C)C)C3)nc(-c3cccnc3)nc12.